The van der Waals surface area contributed by atoms with Crippen LogP contribution < -0.4 is 5.73 Å². The van der Waals surface area contributed by atoms with Gasteiger partial charge in [-0.2, -0.15) is 0 Å². The maximum atomic E-state index is 11.0. The van der Waals surface area contributed by atoms with E-state index >= 15 is 0 Å². The maximum Gasteiger partial charge on any atom is 0.173 e. The second kappa shape index (κ2) is 14.7. The smallest absolute Gasteiger partial charge is 0.173 e. The zero-order valence-corrected chi connectivity index (χ0v) is 15.3. The van der Waals surface area contributed by atoms with Gasteiger partial charge in [-0.1, -0.05) is 76.6 Å². The van der Waals surface area contributed by atoms with Crippen LogP contribution in [0.3, 0.4) is 0 Å². The summed E-state index contributed by atoms with van der Waals surface area (Å²) in [6.07, 6.45) is 0.987. The first-order valence-electron chi connectivity index (χ1n) is 6.57. The molecule has 0 bridgehead atoms. The van der Waals surface area contributed by atoms with Gasteiger partial charge in [-0.05, 0) is 43.0 Å². The summed E-state index contributed by atoms with van der Waals surface area (Å²) in [6.45, 7) is 0.740. The SMILES string of the molecule is NCCc1ccccc1.O=C(CBr)c1ccccc1.S=C=S. The molecule has 0 aliphatic heterocycles. The van der Waals surface area contributed by atoms with Crippen molar-refractivity contribution in [3.05, 3.63) is 71.8 Å². The summed E-state index contributed by atoms with van der Waals surface area (Å²) in [5.41, 5.74) is 7.44. The molecule has 0 radical (unpaired) electrons. The lowest BCUT2D eigenvalue weighted by Crippen LogP contribution is -2.01. The number of alkyl halides is 1. The minimum Gasteiger partial charge on any atom is -0.330 e. The van der Waals surface area contributed by atoms with E-state index in [4.69, 9.17) is 5.73 Å². The number of hydrogen-bond acceptors (Lipinski definition) is 4. The van der Waals surface area contributed by atoms with E-state index in [-0.39, 0.29) is 5.78 Å². The van der Waals surface area contributed by atoms with E-state index in [1.165, 1.54) is 5.56 Å². The number of hydrogen-bond donors (Lipinski definition) is 1. The molecule has 0 aliphatic rings. The summed E-state index contributed by atoms with van der Waals surface area (Å²) in [7, 11) is 0. The fourth-order valence-corrected chi connectivity index (χ4v) is 1.84. The molecule has 0 fully saturated rings. The Bertz CT molecular complexity index is 555. The van der Waals surface area contributed by atoms with E-state index in [2.05, 4.69) is 52.5 Å². The molecule has 2 N–H and O–H groups in total. The van der Waals surface area contributed by atoms with Gasteiger partial charge < -0.3 is 5.73 Å². The molecule has 0 amide bonds. The van der Waals surface area contributed by atoms with Crippen molar-refractivity contribution >= 4 is 50.5 Å². The van der Waals surface area contributed by atoms with E-state index < -0.39 is 0 Å². The van der Waals surface area contributed by atoms with E-state index in [0.29, 0.717) is 5.33 Å². The molecular formula is C17H18BrNOS2. The molecule has 5 heteroatoms. The number of Topliss-reactive ketones (excluding diaryl/α,β-unsaturated/α-hetero) is 1. The second-order valence-electron chi connectivity index (χ2n) is 4.03. The fraction of sp³-hybridized carbons (Fsp3) is 0.176. The number of ketones is 1. The Morgan fingerprint density at radius 3 is 1.86 bits per heavy atom. The molecule has 2 nitrogen and oxygen atoms in total. The molecule has 0 unspecified atom stereocenters. The molecule has 2 rings (SSSR count). The minimum absolute atomic E-state index is 0.126. The molecule has 0 spiro atoms. The van der Waals surface area contributed by atoms with Gasteiger partial charge in [-0.15, -0.1) is 0 Å². The molecular weight excluding hydrogens is 378 g/mol. The number of halogens is 1. The summed E-state index contributed by atoms with van der Waals surface area (Å²) in [4.78, 5) is 11.0. The lowest BCUT2D eigenvalue weighted by molar-refractivity contribution is 0.102. The summed E-state index contributed by atoms with van der Waals surface area (Å²) >= 11 is 11.0. The van der Waals surface area contributed by atoms with Crippen molar-refractivity contribution in [1.82, 2.24) is 0 Å². The van der Waals surface area contributed by atoms with Crippen LogP contribution in [0.4, 0.5) is 0 Å². The molecule has 22 heavy (non-hydrogen) atoms. The average Bonchev–Trinajstić information content (AvgIpc) is 2.57. The lowest BCUT2D eigenvalue weighted by atomic mass is 10.2. The monoisotopic (exact) mass is 395 g/mol. The number of carbonyl (C=O) groups is 1. The van der Waals surface area contributed by atoms with Gasteiger partial charge in [0.15, 0.2) is 5.78 Å². The summed E-state index contributed by atoms with van der Waals surface area (Å²) in [5.74, 6) is 0.126. The molecule has 0 aliphatic carbocycles. The molecule has 0 heterocycles. The van der Waals surface area contributed by atoms with Crippen molar-refractivity contribution in [1.29, 1.82) is 0 Å². The van der Waals surface area contributed by atoms with Crippen LogP contribution >= 0.6 is 40.4 Å². The summed E-state index contributed by atoms with van der Waals surface area (Å²) in [5, 5.41) is 0.400. The standard InChI is InChI=1S/C8H7BrO.C8H11N.CS2/c9-6-8(10)7-4-2-1-3-5-7;9-7-6-8-4-2-1-3-5-8;2-1-3/h1-5H,6H2;1-5H,6-7,9H2;. The summed E-state index contributed by atoms with van der Waals surface area (Å²) in [6, 6.07) is 19.5. The molecule has 116 valence electrons. The van der Waals surface area contributed by atoms with Crippen molar-refractivity contribution in [2.24, 2.45) is 5.73 Å². The zero-order chi connectivity index (χ0) is 16.6. The normalized spacial score (nSPS) is 8.45. The molecule has 0 saturated carbocycles. The highest BCUT2D eigenvalue weighted by Gasteiger charge is 1.99. The molecule has 2 aromatic rings. The lowest BCUT2D eigenvalue weighted by Gasteiger charge is -1.93. The van der Waals surface area contributed by atoms with Crippen LogP contribution in [0, 0.1) is 0 Å². The number of nitrogens with two attached hydrogens (primary N) is 1. The number of rotatable bonds is 4. The minimum atomic E-state index is 0.126. The third kappa shape index (κ3) is 10.5. The van der Waals surface area contributed by atoms with Crippen LogP contribution in [0.5, 0.6) is 0 Å². The van der Waals surface area contributed by atoms with E-state index in [0.717, 1.165) is 18.5 Å². The van der Waals surface area contributed by atoms with Crippen LogP contribution in [-0.2, 0) is 6.42 Å². The largest absolute Gasteiger partial charge is 0.330 e. The second-order valence-corrected chi connectivity index (χ2v) is 5.26. The van der Waals surface area contributed by atoms with Crippen molar-refractivity contribution in [3.63, 3.8) is 0 Å². The highest BCUT2D eigenvalue weighted by Crippen LogP contribution is 2.01. The average molecular weight is 396 g/mol. The van der Waals surface area contributed by atoms with Crippen LogP contribution in [0.2, 0.25) is 0 Å². The van der Waals surface area contributed by atoms with Gasteiger partial charge in [0.25, 0.3) is 0 Å². The first-order valence-corrected chi connectivity index (χ1v) is 8.50. The van der Waals surface area contributed by atoms with Gasteiger partial charge in [0.05, 0.1) is 5.33 Å². The van der Waals surface area contributed by atoms with Gasteiger partial charge >= 0.3 is 0 Å². The van der Waals surface area contributed by atoms with E-state index in [1.54, 1.807) is 0 Å². The highest BCUT2D eigenvalue weighted by atomic mass is 79.9. The summed E-state index contributed by atoms with van der Waals surface area (Å²) < 4.78 is 1.92. The van der Waals surface area contributed by atoms with Gasteiger partial charge in [0.1, 0.15) is 0 Å². The predicted molar refractivity (Wildman–Crippen MR) is 104 cm³/mol. The van der Waals surface area contributed by atoms with Crippen molar-refractivity contribution in [3.8, 4) is 0 Å². The third-order valence-corrected chi connectivity index (χ3v) is 3.00. The number of carbonyl (C=O) groups excluding carboxylic acids is 1. The first kappa shape index (κ1) is 20.8. The predicted octanol–water partition coefficient (Wildman–Crippen LogP) is 4.47. The van der Waals surface area contributed by atoms with Crippen LogP contribution in [0.1, 0.15) is 15.9 Å². The first-order chi connectivity index (χ1) is 10.7. The molecule has 0 aromatic heterocycles. The maximum absolute atomic E-state index is 11.0. The van der Waals surface area contributed by atoms with Gasteiger partial charge in [0, 0.05) is 9.88 Å². The zero-order valence-electron chi connectivity index (χ0n) is 12.1. The Balaban J connectivity index is 0.000000342. The van der Waals surface area contributed by atoms with Gasteiger partial charge in [-0.3, -0.25) is 4.79 Å². The van der Waals surface area contributed by atoms with E-state index in [9.17, 15) is 4.79 Å². The Morgan fingerprint density at radius 1 is 1.00 bits per heavy atom. The Labute approximate surface area is 150 Å². The Morgan fingerprint density at radius 2 is 1.45 bits per heavy atom. The molecule has 0 atom stereocenters. The van der Waals surface area contributed by atoms with Gasteiger partial charge in [-0.25, -0.2) is 0 Å². The quantitative estimate of drug-likeness (QED) is 0.471. The van der Waals surface area contributed by atoms with Crippen molar-refractivity contribution < 1.29 is 4.79 Å². The van der Waals surface area contributed by atoms with Crippen molar-refractivity contribution in [2.75, 3.05) is 11.9 Å². The van der Waals surface area contributed by atoms with Crippen LogP contribution in [0.25, 0.3) is 0 Å². The third-order valence-electron chi connectivity index (χ3n) is 2.49. The highest BCUT2D eigenvalue weighted by molar-refractivity contribution is 9.09. The van der Waals surface area contributed by atoms with Gasteiger partial charge in [0.2, 0.25) is 0 Å². The van der Waals surface area contributed by atoms with Crippen molar-refractivity contribution in [2.45, 2.75) is 6.42 Å². The number of benzene rings is 2. The molecule has 2 aromatic carbocycles. The molecule has 0 saturated heterocycles. The van der Waals surface area contributed by atoms with Crippen LogP contribution in [-0.4, -0.2) is 22.0 Å². The Hall–Kier alpha value is -1.23. The van der Waals surface area contributed by atoms with E-state index in [1.807, 2.05) is 52.8 Å². The number of thiocarbonyl (C=S) groups is 2. The van der Waals surface area contributed by atoms with Crippen LogP contribution in [0.15, 0.2) is 60.7 Å². The topological polar surface area (TPSA) is 43.1 Å². The fourth-order valence-electron chi connectivity index (χ4n) is 1.51. The Kier molecular flexibility index (Phi) is 13.9.